The Morgan fingerprint density at radius 3 is 2.50 bits per heavy atom. The van der Waals surface area contributed by atoms with Crippen LogP contribution in [0.2, 0.25) is 0 Å². The Morgan fingerprint density at radius 2 is 1.79 bits per heavy atom. The van der Waals surface area contributed by atoms with Gasteiger partial charge in [-0.15, -0.1) is 0 Å². The molecule has 2 rings (SSSR count). The summed E-state index contributed by atoms with van der Waals surface area (Å²) >= 11 is 0. The first-order valence-electron chi connectivity index (χ1n) is 9.01. The molecule has 6 nitrogen and oxygen atoms in total. The van der Waals surface area contributed by atoms with Gasteiger partial charge in [0, 0.05) is 30.8 Å². The van der Waals surface area contributed by atoms with Gasteiger partial charge in [-0.05, 0) is 43.2 Å². The average molecular weight is 380 g/mol. The van der Waals surface area contributed by atoms with Crippen molar-refractivity contribution in [3.05, 3.63) is 71.3 Å². The van der Waals surface area contributed by atoms with E-state index in [2.05, 4.69) is 10.6 Å². The van der Waals surface area contributed by atoms with E-state index in [1.54, 1.807) is 30.3 Å². The molecule has 0 unspecified atom stereocenters. The highest BCUT2D eigenvalue weighted by molar-refractivity contribution is 6.00. The molecule has 0 radical (unpaired) electrons. The van der Waals surface area contributed by atoms with Gasteiger partial charge in [-0.2, -0.15) is 0 Å². The van der Waals surface area contributed by atoms with Crippen molar-refractivity contribution in [3.63, 3.8) is 0 Å². The normalized spacial score (nSPS) is 10.9. The van der Waals surface area contributed by atoms with Crippen LogP contribution in [0.3, 0.4) is 0 Å². The van der Waals surface area contributed by atoms with E-state index < -0.39 is 5.97 Å². The molecule has 0 saturated carbocycles. The molecule has 0 heterocycles. The maximum atomic E-state index is 12.4. The van der Waals surface area contributed by atoms with E-state index >= 15 is 0 Å². The van der Waals surface area contributed by atoms with E-state index in [1.165, 1.54) is 13.0 Å². The van der Waals surface area contributed by atoms with Crippen molar-refractivity contribution in [2.45, 2.75) is 33.7 Å². The molecule has 0 aliphatic heterocycles. The fourth-order valence-corrected chi connectivity index (χ4v) is 2.44. The van der Waals surface area contributed by atoms with Gasteiger partial charge in [-0.1, -0.05) is 36.8 Å². The van der Waals surface area contributed by atoms with Crippen LogP contribution in [0, 0.1) is 0 Å². The maximum Gasteiger partial charge on any atom is 0.308 e. The minimum absolute atomic E-state index is 0.202. The number of hydrogen-bond donors (Lipinski definition) is 2. The van der Waals surface area contributed by atoms with Crippen LogP contribution < -0.4 is 15.4 Å². The molecular formula is C22H24N2O4. The third kappa shape index (κ3) is 6.39. The second kappa shape index (κ2) is 10.1. The summed E-state index contributed by atoms with van der Waals surface area (Å²) in [4.78, 5) is 35.6. The van der Waals surface area contributed by atoms with E-state index in [-0.39, 0.29) is 18.4 Å². The molecule has 146 valence electrons. The minimum Gasteiger partial charge on any atom is -0.427 e. The second-order valence-electron chi connectivity index (χ2n) is 6.29. The molecule has 2 aromatic rings. The lowest BCUT2D eigenvalue weighted by atomic mass is 10.1. The molecule has 2 N–H and O–H groups in total. The topological polar surface area (TPSA) is 84.5 Å². The lowest BCUT2D eigenvalue weighted by Gasteiger charge is -2.12. The molecule has 2 aromatic carbocycles. The zero-order valence-electron chi connectivity index (χ0n) is 16.2. The molecule has 0 atom stereocenters. The number of rotatable bonds is 7. The first-order valence-corrected chi connectivity index (χ1v) is 9.01. The van der Waals surface area contributed by atoms with Crippen LogP contribution >= 0.6 is 0 Å². The molecule has 28 heavy (non-hydrogen) atoms. The van der Waals surface area contributed by atoms with Crippen molar-refractivity contribution >= 4 is 23.5 Å². The third-order valence-corrected chi connectivity index (χ3v) is 4.01. The number of ether oxygens (including phenoxy) is 1. The quantitative estimate of drug-likeness (QED) is 0.434. The Hall–Kier alpha value is -3.41. The van der Waals surface area contributed by atoms with E-state index in [0.717, 1.165) is 17.6 Å². The van der Waals surface area contributed by atoms with Crippen LogP contribution in [-0.2, 0) is 16.1 Å². The van der Waals surface area contributed by atoms with Gasteiger partial charge in [-0.25, -0.2) is 0 Å². The van der Waals surface area contributed by atoms with Gasteiger partial charge in [0.05, 0.1) is 0 Å². The molecular weight excluding hydrogens is 356 g/mol. The van der Waals surface area contributed by atoms with E-state index in [1.807, 2.05) is 32.0 Å². The van der Waals surface area contributed by atoms with Crippen molar-refractivity contribution in [2.75, 3.05) is 5.32 Å². The fraction of sp³-hybridized carbons (Fsp3) is 0.227. The average Bonchev–Trinajstić information content (AvgIpc) is 2.66. The van der Waals surface area contributed by atoms with Gasteiger partial charge in [-0.3, -0.25) is 14.4 Å². The van der Waals surface area contributed by atoms with Crippen LogP contribution in [0.15, 0.2) is 60.2 Å². The number of anilines is 1. The summed E-state index contributed by atoms with van der Waals surface area (Å²) < 4.78 is 5.00. The van der Waals surface area contributed by atoms with Crippen molar-refractivity contribution in [1.29, 1.82) is 0 Å². The SMILES string of the molecule is CC/C(C)=C/C(=O)Nc1ccccc1CNC(=O)c1cccc(OC(C)=O)c1. The Morgan fingerprint density at radius 1 is 1.04 bits per heavy atom. The zero-order valence-corrected chi connectivity index (χ0v) is 16.2. The molecule has 0 spiro atoms. The van der Waals surface area contributed by atoms with Crippen LogP contribution in [0.1, 0.15) is 43.1 Å². The van der Waals surface area contributed by atoms with Crippen LogP contribution in [0.5, 0.6) is 5.75 Å². The summed E-state index contributed by atoms with van der Waals surface area (Å²) in [5, 5.41) is 5.66. The predicted molar refractivity (Wildman–Crippen MR) is 108 cm³/mol. The summed E-state index contributed by atoms with van der Waals surface area (Å²) in [7, 11) is 0. The standard InChI is InChI=1S/C22H24N2O4/c1-4-15(2)12-21(26)24-20-11-6-5-8-18(20)14-23-22(27)17-9-7-10-19(13-17)28-16(3)25/h5-13H,4,14H2,1-3H3,(H,23,27)(H,24,26)/b15-12+. The summed E-state index contributed by atoms with van der Waals surface area (Å²) in [6.07, 6.45) is 2.37. The number of carbonyl (C=O) groups excluding carboxylic acids is 3. The van der Waals surface area contributed by atoms with Crippen LogP contribution in [0.4, 0.5) is 5.69 Å². The summed E-state index contributed by atoms with van der Waals surface area (Å²) in [6.45, 7) is 5.42. The number of allylic oxidation sites excluding steroid dienone is 1. The lowest BCUT2D eigenvalue weighted by Crippen LogP contribution is -2.23. The molecule has 0 aliphatic rings. The number of esters is 1. The van der Waals surface area contributed by atoms with Crippen molar-refractivity contribution in [2.24, 2.45) is 0 Å². The number of benzene rings is 2. The van der Waals surface area contributed by atoms with Crippen molar-refractivity contribution < 1.29 is 19.1 Å². The number of carbonyl (C=O) groups is 3. The predicted octanol–water partition coefficient (Wildman–Crippen LogP) is 3.84. The Balaban J connectivity index is 2.06. The largest absolute Gasteiger partial charge is 0.427 e. The molecule has 0 saturated heterocycles. The van der Waals surface area contributed by atoms with Gasteiger partial charge >= 0.3 is 5.97 Å². The van der Waals surface area contributed by atoms with Gasteiger partial charge in [0.25, 0.3) is 5.91 Å². The first kappa shape index (κ1) is 20.9. The maximum absolute atomic E-state index is 12.4. The van der Waals surface area contributed by atoms with Gasteiger partial charge < -0.3 is 15.4 Å². The lowest BCUT2D eigenvalue weighted by molar-refractivity contribution is -0.131. The number of para-hydroxylation sites is 1. The van der Waals surface area contributed by atoms with Crippen molar-refractivity contribution in [3.8, 4) is 5.75 Å². The molecule has 2 amide bonds. The highest BCUT2D eigenvalue weighted by atomic mass is 16.5. The van der Waals surface area contributed by atoms with E-state index in [9.17, 15) is 14.4 Å². The summed E-state index contributed by atoms with van der Waals surface area (Å²) in [5.41, 5.74) is 2.78. The Kier molecular flexibility index (Phi) is 7.51. The van der Waals surface area contributed by atoms with Gasteiger partial charge in [0.15, 0.2) is 0 Å². The van der Waals surface area contributed by atoms with Crippen LogP contribution in [-0.4, -0.2) is 17.8 Å². The Bertz CT molecular complexity index is 903. The zero-order chi connectivity index (χ0) is 20.5. The highest BCUT2D eigenvalue weighted by Gasteiger charge is 2.10. The number of amides is 2. The van der Waals surface area contributed by atoms with Crippen LogP contribution in [0.25, 0.3) is 0 Å². The summed E-state index contributed by atoms with van der Waals surface area (Å²) in [5.74, 6) is -0.649. The highest BCUT2D eigenvalue weighted by Crippen LogP contribution is 2.17. The van der Waals surface area contributed by atoms with E-state index in [0.29, 0.717) is 17.0 Å². The smallest absolute Gasteiger partial charge is 0.308 e. The van der Waals surface area contributed by atoms with E-state index in [4.69, 9.17) is 4.74 Å². The number of nitrogens with one attached hydrogen (secondary N) is 2. The van der Waals surface area contributed by atoms with Gasteiger partial charge in [0.2, 0.25) is 5.91 Å². The number of hydrogen-bond acceptors (Lipinski definition) is 4. The fourth-order valence-electron chi connectivity index (χ4n) is 2.44. The van der Waals surface area contributed by atoms with Gasteiger partial charge in [0.1, 0.15) is 5.75 Å². The molecule has 0 aromatic heterocycles. The summed E-state index contributed by atoms with van der Waals surface area (Å²) in [6, 6.07) is 13.7. The molecule has 0 bridgehead atoms. The second-order valence-corrected chi connectivity index (χ2v) is 6.29. The third-order valence-electron chi connectivity index (χ3n) is 4.01. The Labute approximate surface area is 164 Å². The first-order chi connectivity index (χ1) is 13.4. The molecule has 0 aliphatic carbocycles. The molecule has 6 heteroatoms. The monoisotopic (exact) mass is 380 g/mol. The minimum atomic E-state index is -0.449. The molecule has 0 fully saturated rings. The van der Waals surface area contributed by atoms with Crippen molar-refractivity contribution in [1.82, 2.24) is 5.32 Å².